The van der Waals surface area contributed by atoms with Gasteiger partial charge in [-0.05, 0) is 61.9 Å². The van der Waals surface area contributed by atoms with Crippen LogP contribution in [0, 0.1) is 6.92 Å². The minimum Gasteiger partial charge on any atom is -0.349 e. The number of hydrogen-bond acceptors (Lipinski definition) is 2. The maximum Gasteiger partial charge on any atom is 0.251 e. The van der Waals surface area contributed by atoms with Gasteiger partial charge in [-0.3, -0.25) is 9.59 Å². The number of benzene rings is 2. The van der Waals surface area contributed by atoms with Gasteiger partial charge in [0.15, 0.2) is 0 Å². The zero-order chi connectivity index (χ0) is 19.5. The lowest BCUT2D eigenvalue weighted by Crippen LogP contribution is -2.28. The summed E-state index contributed by atoms with van der Waals surface area (Å²) in [5.41, 5.74) is 4.02. The first kappa shape index (κ1) is 18.5. The third kappa shape index (κ3) is 4.33. The topological polar surface area (TPSA) is 49.4 Å². The molecular formula is C24H26N2O2. The molecule has 0 radical (unpaired) electrons. The third-order valence-electron chi connectivity index (χ3n) is 5.50. The molecule has 1 atom stereocenters. The van der Waals surface area contributed by atoms with E-state index >= 15 is 0 Å². The minimum atomic E-state index is -0.0212. The van der Waals surface area contributed by atoms with Gasteiger partial charge in [0.05, 0.1) is 6.04 Å². The van der Waals surface area contributed by atoms with Gasteiger partial charge in [0, 0.05) is 24.2 Å². The summed E-state index contributed by atoms with van der Waals surface area (Å²) in [6.45, 7) is 2.87. The molecule has 1 aliphatic heterocycles. The molecule has 2 aliphatic rings. The Morgan fingerprint density at radius 3 is 2.39 bits per heavy atom. The van der Waals surface area contributed by atoms with E-state index < -0.39 is 0 Å². The Bertz CT molecular complexity index is 880. The Balaban J connectivity index is 1.40. The van der Waals surface area contributed by atoms with Gasteiger partial charge in [-0.25, -0.2) is 0 Å². The second-order valence-corrected chi connectivity index (χ2v) is 7.80. The number of hydrogen-bond donors (Lipinski definition) is 1. The smallest absolute Gasteiger partial charge is 0.251 e. The lowest BCUT2D eigenvalue weighted by molar-refractivity contribution is -0.126. The summed E-state index contributed by atoms with van der Waals surface area (Å²) in [5, 5.41) is 2.98. The first-order chi connectivity index (χ1) is 13.6. The Morgan fingerprint density at radius 1 is 1.00 bits per heavy atom. The molecule has 1 N–H and O–H groups in total. The van der Waals surface area contributed by atoms with Crippen LogP contribution < -0.4 is 5.32 Å². The highest BCUT2D eigenvalue weighted by atomic mass is 16.2. The second kappa shape index (κ2) is 8.01. The van der Waals surface area contributed by atoms with Crippen molar-refractivity contribution in [3.63, 3.8) is 0 Å². The Kier molecular flexibility index (Phi) is 5.29. The molecule has 144 valence electrons. The van der Waals surface area contributed by atoms with E-state index in [9.17, 15) is 9.59 Å². The van der Waals surface area contributed by atoms with E-state index in [0.29, 0.717) is 11.6 Å². The van der Waals surface area contributed by atoms with E-state index in [1.165, 1.54) is 11.1 Å². The lowest BCUT2D eigenvalue weighted by Gasteiger charge is -2.24. The van der Waals surface area contributed by atoms with E-state index in [1.54, 1.807) is 6.08 Å². The van der Waals surface area contributed by atoms with Crippen molar-refractivity contribution in [2.75, 3.05) is 6.54 Å². The Labute approximate surface area is 166 Å². The van der Waals surface area contributed by atoms with Gasteiger partial charge >= 0.3 is 0 Å². The highest BCUT2D eigenvalue weighted by molar-refractivity contribution is 5.95. The first-order valence-corrected chi connectivity index (χ1v) is 10.1. The van der Waals surface area contributed by atoms with E-state index in [-0.39, 0.29) is 17.9 Å². The highest BCUT2D eigenvalue weighted by Gasteiger charge is 2.28. The molecule has 2 amide bonds. The molecule has 4 heteroatoms. The van der Waals surface area contributed by atoms with E-state index in [2.05, 4.69) is 36.5 Å². The number of rotatable bonds is 5. The van der Waals surface area contributed by atoms with Crippen molar-refractivity contribution >= 4 is 17.9 Å². The van der Waals surface area contributed by atoms with E-state index in [0.717, 1.165) is 37.8 Å². The molecule has 0 bridgehead atoms. The summed E-state index contributed by atoms with van der Waals surface area (Å²) >= 11 is 0. The summed E-state index contributed by atoms with van der Waals surface area (Å²) < 4.78 is 0. The molecule has 1 aliphatic carbocycles. The summed E-state index contributed by atoms with van der Waals surface area (Å²) in [5.74, 6) is 0.0192. The van der Waals surface area contributed by atoms with Gasteiger partial charge in [0.1, 0.15) is 0 Å². The van der Waals surface area contributed by atoms with Gasteiger partial charge in [0.2, 0.25) is 5.91 Å². The number of likely N-dealkylation sites (tertiary alicyclic amines) is 1. The second-order valence-electron chi connectivity index (χ2n) is 7.80. The van der Waals surface area contributed by atoms with Crippen LogP contribution >= 0.6 is 0 Å². The fourth-order valence-corrected chi connectivity index (χ4v) is 3.67. The average molecular weight is 374 g/mol. The summed E-state index contributed by atoms with van der Waals surface area (Å²) in [6.07, 6.45) is 7.67. The van der Waals surface area contributed by atoms with Crippen LogP contribution in [0.3, 0.4) is 0 Å². The van der Waals surface area contributed by atoms with Gasteiger partial charge in [0.25, 0.3) is 5.91 Å². The average Bonchev–Trinajstić information content (AvgIpc) is 3.39. The van der Waals surface area contributed by atoms with Crippen molar-refractivity contribution in [2.45, 2.75) is 44.7 Å². The fraction of sp³-hybridized carbons (Fsp3) is 0.333. The Hall–Kier alpha value is -2.88. The predicted molar refractivity (Wildman–Crippen MR) is 111 cm³/mol. The molecule has 0 spiro atoms. The fourth-order valence-electron chi connectivity index (χ4n) is 3.67. The number of aryl methyl sites for hydroxylation is 1. The van der Waals surface area contributed by atoms with Crippen molar-refractivity contribution in [1.29, 1.82) is 0 Å². The molecule has 2 fully saturated rings. The standard InChI is InChI=1S/C24H26N2O2/c1-17-4-9-19(10-5-17)22-3-2-16-26(22)23(27)15-8-18-6-11-20(12-7-18)24(28)25-21-13-14-21/h4-12,15,21-22H,2-3,13-14,16H2,1H3,(H,25,28)/b15-8+. The molecular weight excluding hydrogens is 348 g/mol. The third-order valence-corrected chi connectivity index (χ3v) is 5.50. The van der Waals surface area contributed by atoms with Gasteiger partial charge in [-0.2, -0.15) is 0 Å². The quantitative estimate of drug-likeness (QED) is 0.795. The molecule has 2 aromatic carbocycles. The van der Waals surface area contributed by atoms with Crippen molar-refractivity contribution in [3.8, 4) is 0 Å². The molecule has 2 aromatic rings. The normalized spacial score (nSPS) is 19.2. The number of nitrogens with zero attached hydrogens (tertiary/aromatic N) is 1. The maximum atomic E-state index is 12.7. The number of amides is 2. The molecule has 0 aromatic heterocycles. The van der Waals surface area contributed by atoms with Crippen LogP contribution in [0.5, 0.6) is 0 Å². The predicted octanol–water partition coefficient (Wildman–Crippen LogP) is 4.26. The SMILES string of the molecule is Cc1ccc(C2CCCN2C(=O)/C=C/c2ccc(C(=O)NC3CC3)cc2)cc1. The zero-order valence-electron chi connectivity index (χ0n) is 16.2. The molecule has 4 nitrogen and oxygen atoms in total. The summed E-state index contributed by atoms with van der Waals surface area (Å²) in [4.78, 5) is 26.8. The molecule has 1 saturated heterocycles. The van der Waals surface area contributed by atoms with Crippen LogP contribution in [-0.2, 0) is 4.79 Å². The summed E-state index contributed by atoms with van der Waals surface area (Å²) in [6, 6.07) is 16.4. The number of carbonyl (C=O) groups excluding carboxylic acids is 2. The monoisotopic (exact) mass is 374 g/mol. The molecule has 1 heterocycles. The first-order valence-electron chi connectivity index (χ1n) is 10.1. The van der Waals surface area contributed by atoms with Crippen molar-refractivity contribution in [1.82, 2.24) is 10.2 Å². The lowest BCUT2D eigenvalue weighted by atomic mass is 10.0. The van der Waals surface area contributed by atoms with E-state index in [4.69, 9.17) is 0 Å². The molecule has 4 rings (SSSR count). The van der Waals surface area contributed by atoms with Crippen LogP contribution in [0.25, 0.3) is 6.08 Å². The number of nitrogens with one attached hydrogen (secondary N) is 1. The van der Waals surface area contributed by atoms with Crippen molar-refractivity contribution in [3.05, 3.63) is 76.9 Å². The van der Waals surface area contributed by atoms with Gasteiger partial charge in [-0.15, -0.1) is 0 Å². The highest BCUT2D eigenvalue weighted by Crippen LogP contribution is 2.32. The van der Waals surface area contributed by atoms with Crippen LogP contribution in [0.4, 0.5) is 0 Å². The van der Waals surface area contributed by atoms with Crippen LogP contribution in [0.15, 0.2) is 54.6 Å². The van der Waals surface area contributed by atoms with E-state index in [1.807, 2.05) is 35.2 Å². The largest absolute Gasteiger partial charge is 0.349 e. The van der Waals surface area contributed by atoms with Crippen LogP contribution in [0.1, 0.15) is 58.8 Å². The number of carbonyl (C=O) groups is 2. The maximum absolute atomic E-state index is 12.7. The van der Waals surface area contributed by atoms with Gasteiger partial charge < -0.3 is 10.2 Å². The van der Waals surface area contributed by atoms with Crippen LogP contribution in [-0.4, -0.2) is 29.3 Å². The summed E-state index contributed by atoms with van der Waals surface area (Å²) in [7, 11) is 0. The molecule has 1 saturated carbocycles. The van der Waals surface area contributed by atoms with Crippen molar-refractivity contribution in [2.24, 2.45) is 0 Å². The minimum absolute atomic E-state index is 0.0212. The van der Waals surface area contributed by atoms with Crippen LogP contribution in [0.2, 0.25) is 0 Å². The zero-order valence-corrected chi connectivity index (χ0v) is 16.2. The Morgan fingerprint density at radius 2 is 1.71 bits per heavy atom. The molecule has 28 heavy (non-hydrogen) atoms. The van der Waals surface area contributed by atoms with Gasteiger partial charge in [-0.1, -0.05) is 42.0 Å². The van der Waals surface area contributed by atoms with Crippen molar-refractivity contribution < 1.29 is 9.59 Å². The molecule has 1 unspecified atom stereocenters.